The van der Waals surface area contributed by atoms with Crippen LogP contribution in [-0.4, -0.2) is 39.1 Å². The molecule has 0 radical (unpaired) electrons. The van der Waals surface area contributed by atoms with Crippen molar-refractivity contribution in [2.24, 2.45) is 0 Å². The lowest BCUT2D eigenvalue weighted by molar-refractivity contribution is 0.0738. The SMILES string of the molecule is CCOc1ccccc1C(=O)N(C)[C@H](C)c1ccc(S(C)(=O)=O)cc1. The number of hydrogen-bond acceptors (Lipinski definition) is 4. The van der Waals surface area contributed by atoms with Crippen LogP contribution < -0.4 is 4.74 Å². The number of amides is 1. The van der Waals surface area contributed by atoms with Crippen molar-refractivity contribution in [2.45, 2.75) is 24.8 Å². The second-order valence-electron chi connectivity index (χ2n) is 5.86. The Morgan fingerprint density at radius 2 is 1.72 bits per heavy atom. The van der Waals surface area contributed by atoms with Gasteiger partial charge in [-0.1, -0.05) is 24.3 Å². The Balaban J connectivity index is 2.25. The highest BCUT2D eigenvalue weighted by Crippen LogP contribution is 2.25. The highest BCUT2D eigenvalue weighted by atomic mass is 32.2. The first kappa shape index (κ1) is 19.0. The third kappa shape index (κ3) is 4.39. The molecule has 0 unspecified atom stereocenters. The summed E-state index contributed by atoms with van der Waals surface area (Å²) in [6.07, 6.45) is 1.17. The fourth-order valence-electron chi connectivity index (χ4n) is 2.51. The van der Waals surface area contributed by atoms with Crippen molar-refractivity contribution in [1.29, 1.82) is 0 Å². The van der Waals surface area contributed by atoms with Gasteiger partial charge >= 0.3 is 0 Å². The molecule has 0 aliphatic rings. The maximum absolute atomic E-state index is 12.8. The van der Waals surface area contributed by atoms with Gasteiger partial charge in [0.2, 0.25) is 0 Å². The van der Waals surface area contributed by atoms with Crippen LogP contribution in [0.25, 0.3) is 0 Å². The normalized spacial score (nSPS) is 12.5. The minimum atomic E-state index is -3.23. The first-order valence-electron chi connectivity index (χ1n) is 8.04. The van der Waals surface area contributed by atoms with Gasteiger partial charge in [0.1, 0.15) is 5.75 Å². The molecule has 0 fully saturated rings. The van der Waals surface area contributed by atoms with Crippen molar-refractivity contribution in [1.82, 2.24) is 4.90 Å². The lowest BCUT2D eigenvalue weighted by Crippen LogP contribution is -2.30. The predicted octanol–water partition coefficient (Wildman–Crippen LogP) is 3.32. The first-order chi connectivity index (χ1) is 11.8. The van der Waals surface area contributed by atoms with Crippen LogP contribution in [0.4, 0.5) is 0 Å². The van der Waals surface area contributed by atoms with E-state index in [1.807, 2.05) is 19.9 Å². The molecule has 6 heteroatoms. The van der Waals surface area contributed by atoms with Gasteiger partial charge in [0.15, 0.2) is 9.84 Å². The summed E-state index contributed by atoms with van der Waals surface area (Å²) < 4.78 is 28.7. The summed E-state index contributed by atoms with van der Waals surface area (Å²) in [4.78, 5) is 14.7. The molecule has 2 aromatic rings. The Bertz CT molecular complexity index is 844. The number of rotatable bonds is 6. The van der Waals surface area contributed by atoms with Crippen molar-refractivity contribution in [2.75, 3.05) is 19.9 Å². The zero-order valence-electron chi connectivity index (χ0n) is 14.9. The Labute approximate surface area is 149 Å². The Morgan fingerprint density at radius 3 is 2.28 bits per heavy atom. The average Bonchev–Trinajstić information content (AvgIpc) is 2.60. The molecule has 1 atom stereocenters. The van der Waals surface area contributed by atoms with Crippen molar-refractivity contribution < 1.29 is 17.9 Å². The summed E-state index contributed by atoms with van der Waals surface area (Å²) in [5, 5.41) is 0. The van der Waals surface area contributed by atoms with Gasteiger partial charge < -0.3 is 9.64 Å². The molecule has 5 nitrogen and oxygen atoms in total. The summed E-state index contributed by atoms with van der Waals surface area (Å²) in [6, 6.07) is 13.5. The average molecular weight is 361 g/mol. The van der Waals surface area contributed by atoms with Crippen LogP contribution in [0.3, 0.4) is 0 Å². The smallest absolute Gasteiger partial charge is 0.257 e. The van der Waals surface area contributed by atoms with Gasteiger partial charge in [-0.05, 0) is 43.7 Å². The monoisotopic (exact) mass is 361 g/mol. The van der Waals surface area contributed by atoms with E-state index >= 15 is 0 Å². The standard InChI is InChI=1S/C19H23NO4S/c1-5-24-18-9-7-6-8-17(18)19(21)20(3)14(2)15-10-12-16(13-11-15)25(4,22)23/h6-14H,5H2,1-4H3/t14-/m1/s1. The van der Waals surface area contributed by atoms with Crippen molar-refractivity contribution >= 4 is 15.7 Å². The minimum absolute atomic E-state index is 0.149. The van der Waals surface area contributed by atoms with Gasteiger partial charge in [-0.25, -0.2) is 8.42 Å². The third-order valence-electron chi connectivity index (χ3n) is 4.11. The van der Waals surface area contributed by atoms with Crippen LogP contribution in [0.1, 0.15) is 35.8 Å². The van der Waals surface area contributed by atoms with Crippen molar-refractivity contribution in [3.8, 4) is 5.75 Å². The number of carbonyl (C=O) groups is 1. The van der Waals surface area contributed by atoms with Crippen LogP contribution in [0, 0.1) is 0 Å². The molecule has 0 saturated heterocycles. The molecule has 0 N–H and O–H groups in total. The topological polar surface area (TPSA) is 63.7 Å². The molecule has 0 saturated carbocycles. The quantitative estimate of drug-likeness (QED) is 0.792. The number of hydrogen-bond donors (Lipinski definition) is 0. The van der Waals surface area contributed by atoms with Crippen LogP contribution >= 0.6 is 0 Å². The van der Waals surface area contributed by atoms with Crippen molar-refractivity contribution in [3.63, 3.8) is 0 Å². The van der Waals surface area contributed by atoms with Crippen LogP contribution in [-0.2, 0) is 9.84 Å². The van der Waals surface area contributed by atoms with Gasteiger partial charge in [-0.15, -0.1) is 0 Å². The highest BCUT2D eigenvalue weighted by molar-refractivity contribution is 7.90. The predicted molar refractivity (Wildman–Crippen MR) is 97.7 cm³/mol. The van der Waals surface area contributed by atoms with E-state index in [1.165, 1.54) is 6.26 Å². The Kier molecular flexibility index (Phi) is 5.85. The van der Waals surface area contributed by atoms with Gasteiger partial charge in [-0.2, -0.15) is 0 Å². The minimum Gasteiger partial charge on any atom is -0.493 e. The number of nitrogens with zero attached hydrogens (tertiary/aromatic N) is 1. The first-order valence-corrected chi connectivity index (χ1v) is 9.93. The molecule has 134 valence electrons. The second kappa shape index (κ2) is 7.70. The van der Waals surface area contributed by atoms with E-state index < -0.39 is 9.84 Å². The number of ether oxygens (including phenoxy) is 1. The van der Waals surface area contributed by atoms with E-state index in [1.54, 1.807) is 54.4 Å². The van der Waals surface area contributed by atoms with Crippen LogP contribution in [0.15, 0.2) is 53.4 Å². The van der Waals surface area contributed by atoms with E-state index in [0.717, 1.165) is 5.56 Å². The van der Waals surface area contributed by atoms with Gasteiger partial charge in [0, 0.05) is 13.3 Å². The highest BCUT2D eigenvalue weighted by Gasteiger charge is 2.22. The van der Waals surface area contributed by atoms with Gasteiger partial charge in [0.05, 0.1) is 23.1 Å². The fourth-order valence-corrected chi connectivity index (χ4v) is 3.14. The summed E-state index contributed by atoms with van der Waals surface area (Å²) in [6.45, 7) is 4.25. The van der Waals surface area contributed by atoms with Gasteiger partial charge in [0.25, 0.3) is 5.91 Å². The maximum Gasteiger partial charge on any atom is 0.257 e. The second-order valence-corrected chi connectivity index (χ2v) is 7.88. The van der Waals surface area contributed by atoms with E-state index in [4.69, 9.17) is 4.74 Å². The molecule has 0 bridgehead atoms. The number of sulfone groups is 1. The fraction of sp³-hybridized carbons (Fsp3) is 0.316. The lowest BCUT2D eigenvalue weighted by atomic mass is 10.1. The summed E-state index contributed by atoms with van der Waals surface area (Å²) in [7, 11) is -1.51. The molecule has 2 aromatic carbocycles. The molecular weight excluding hydrogens is 338 g/mol. The zero-order valence-corrected chi connectivity index (χ0v) is 15.7. The number of benzene rings is 2. The molecule has 0 aliphatic carbocycles. The molecule has 0 heterocycles. The Hall–Kier alpha value is -2.34. The Morgan fingerprint density at radius 1 is 1.12 bits per heavy atom. The van der Waals surface area contributed by atoms with E-state index in [2.05, 4.69) is 0 Å². The molecule has 0 aliphatic heterocycles. The zero-order chi connectivity index (χ0) is 18.6. The maximum atomic E-state index is 12.8. The number of carbonyl (C=O) groups excluding carboxylic acids is 1. The van der Waals surface area contributed by atoms with E-state index in [0.29, 0.717) is 17.9 Å². The lowest BCUT2D eigenvalue weighted by Gasteiger charge is -2.26. The summed E-state index contributed by atoms with van der Waals surface area (Å²) in [5.74, 6) is 0.408. The molecule has 0 spiro atoms. The molecular formula is C19H23NO4S. The van der Waals surface area contributed by atoms with Crippen LogP contribution in [0.2, 0.25) is 0 Å². The van der Waals surface area contributed by atoms with E-state index in [-0.39, 0.29) is 16.8 Å². The molecule has 1 amide bonds. The largest absolute Gasteiger partial charge is 0.493 e. The summed E-state index contributed by atoms with van der Waals surface area (Å²) >= 11 is 0. The molecule has 25 heavy (non-hydrogen) atoms. The summed E-state index contributed by atoms with van der Waals surface area (Å²) in [5.41, 5.74) is 1.36. The molecule has 2 rings (SSSR count). The van der Waals surface area contributed by atoms with Gasteiger partial charge in [-0.3, -0.25) is 4.79 Å². The number of para-hydroxylation sites is 1. The van der Waals surface area contributed by atoms with E-state index in [9.17, 15) is 13.2 Å². The van der Waals surface area contributed by atoms with Crippen molar-refractivity contribution in [3.05, 3.63) is 59.7 Å². The van der Waals surface area contributed by atoms with Crippen LogP contribution in [0.5, 0.6) is 5.75 Å². The molecule has 0 aromatic heterocycles. The third-order valence-corrected chi connectivity index (χ3v) is 5.24.